The summed E-state index contributed by atoms with van der Waals surface area (Å²) in [6.07, 6.45) is 5.14. The molecule has 1 aliphatic rings. The summed E-state index contributed by atoms with van der Waals surface area (Å²) < 4.78 is 12.8. The van der Waals surface area contributed by atoms with Crippen LogP contribution >= 0.6 is 11.3 Å². The Bertz CT molecular complexity index is 1290. The summed E-state index contributed by atoms with van der Waals surface area (Å²) >= 11 is 1.50. The van der Waals surface area contributed by atoms with Gasteiger partial charge in [0.1, 0.15) is 23.7 Å². The number of nitrogens with one attached hydrogen (secondary N) is 1. The van der Waals surface area contributed by atoms with Gasteiger partial charge in [0, 0.05) is 42.3 Å². The number of nitriles is 1. The number of hydrogen-bond donors (Lipinski definition) is 1. The number of alkyl carbamates (subject to hydrolysis) is 1. The van der Waals surface area contributed by atoms with Gasteiger partial charge in [-0.15, -0.1) is 11.3 Å². The number of thiophene rings is 1. The lowest BCUT2D eigenvalue weighted by molar-refractivity contribution is -0.118. The second-order valence-corrected chi connectivity index (χ2v) is 10.3. The summed E-state index contributed by atoms with van der Waals surface area (Å²) in [6, 6.07) is 10.1. The van der Waals surface area contributed by atoms with Crippen LogP contribution in [0, 0.1) is 11.3 Å². The third-order valence-electron chi connectivity index (χ3n) is 6.56. The van der Waals surface area contributed by atoms with Crippen molar-refractivity contribution in [2.75, 3.05) is 7.11 Å². The van der Waals surface area contributed by atoms with Crippen molar-refractivity contribution in [2.45, 2.75) is 57.6 Å². The van der Waals surface area contributed by atoms with E-state index in [0.29, 0.717) is 37.8 Å². The van der Waals surface area contributed by atoms with Gasteiger partial charge in [-0.1, -0.05) is 19.1 Å². The number of carbonyl (C=O) groups is 2. The molecule has 3 aromatic rings. The number of rotatable bonds is 9. The minimum atomic E-state index is -0.469. The van der Waals surface area contributed by atoms with E-state index in [1.807, 2.05) is 42.8 Å². The number of fused-ring (bicyclic) bond motifs is 1. The maximum absolute atomic E-state index is 12.9. The molecule has 1 aromatic carbocycles. The number of nitrogens with zero attached hydrogens (tertiary/aromatic N) is 3. The van der Waals surface area contributed by atoms with Crippen molar-refractivity contribution >= 4 is 23.2 Å². The molecular formula is C27H30N4O4S. The van der Waals surface area contributed by atoms with Gasteiger partial charge < -0.3 is 19.4 Å². The van der Waals surface area contributed by atoms with Crippen LogP contribution in [-0.2, 0) is 42.4 Å². The summed E-state index contributed by atoms with van der Waals surface area (Å²) in [4.78, 5) is 31.1. The van der Waals surface area contributed by atoms with Crippen LogP contribution < -0.4 is 10.1 Å². The molecule has 0 aliphatic heterocycles. The van der Waals surface area contributed by atoms with E-state index < -0.39 is 6.09 Å². The number of aryl methyl sites for hydroxylation is 1. The Kier molecular flexibility index (Phi) is 8.06. The highest BCUT2D eigenvalue weighted by Gasteiger charge is 2.28. The molecule has 9 heteroatoms. The smallest absolute Gasteiger partial charge is 0.407 e. The molecule has 1 aliphatic carbocycles. The van der Waals surface area contributed by atoms with Crippen molar-refractivity contribution in [3.05, 3.63) is 68.9 Å². The molecule has 1 N–H and O–H groups in total. The van der Waals surface area contributed by atoms with Crippen LogP contribution in [0.5, 0.6) is 5.75 Å². The van der Waals surface area contributed by atoms with Crippen LogP contribution in [0.4, 0.5) is 4.79 Å². The molecule has 2 heterocycles. The third kappa shape index (κ3) is 5.94. The van der Waals surface area contributed by atoms with Crippen LogP contribution in [0.1, 0.15) is 57.8 Å². The van der Waals surface area contributed by atoms with Gasteiger partial charge in [-0.25, -0.2) is 9.78 Å². The molecule has 0 fully saturated rings. The Labute approximate surface area is 214 Å². The Hall–Kier alpha value is -3.64. The highest BCUT2D eigenvalue weighted by atomic mass is 32.1. The lowest BCUT2D eigenvalue weighted by atomic mass is 9.91. The maximum atomic E-state index is 12.9. The van der Waals surface area contributed by atoms with E-state index in [1.165, 1.54) is 11.3 Å². The number of benzene rings is 1. The zero-order valence-corrected chi connectivity index (χ0v) is 21.6. The first kappa shape index (κ1) is 25.5. The lowest BCUT2D eigenvalue weighted by Gasteiger charge is -2.22. The molecule has 2 unspecified atom stereocenters. The molecule has 2 aromatic heterocycles. The predicted molar refractivity (Wildman–Crippen MR) is 136 cm³/mol. The van der Waals surface area contributed by atoms with Gasteiger partial charge in [0.15, 0.2) is 0 Å². The number of ketones is 1. The highest BCUT2D eigenvalue weighted by molar-refractivity contribution is 7.12. The van der Waals surface area contributed by atoms with Crippen molar-refractivity contribution in [1.29, 1.82) is 5.26 Å². The predicted octanol–water partition coefficient (Wildman–Crippen LogP) is 4.45. The second-order valence-electron chi connectivity index (χ2n) is 9.13. The molecule has 4 rings (SSSR count). The van der Waals surface area contributed by atoms with Crippen molar-refractivity contribution in [3.8, 4) is 11.8 Å². The first-order valence-electron chi connectivity index (χ1n) is 12.0. The van der Waals surface area contributed by atoms with Crippen LogP contribution in [0.25, 0.3) is 0 Å². The van der Waals surface area contributed by atoms with Crippen LogP contribution in [0.2, 0.25) is 0 Å². The third-order valence-corrected chi connectivity index (χ3v) is 7.82. The second kappa shape index (κ2) is 11.4. The van der Waals surface area contributed by atoms with Crippen LogP contribution in [0.15, 0.2) is 36.8 Å². The van der Waals surface area contributed by atoms with E-state index in [-0.39, 0.29) is 24.2 Å². The van der Waals surface area contributed by atoms with Gasteiger partial charge in [0.2, 0.25) is 0 Å². The standard InChI is InChI=1S/C27H30N4O4S/c1-17(18-5-4-6-21(10-18)34-3)9-20(32)11-25-24(13-28)23-8-7-22(12-26(23)36-25)35-27(33)30-15-19-14-29-16-31(19)2/h4-6,10,14,16-17,22H,7-9,11-12,15H2,1-3H3,(H,30,33). The van der Waals surface area contributed by atoms with Gasteiger partial charge >= 0.3 is 6.09 Å². The number of methoxy groups -OCH3 is 1. The number of aromatic nitrogens is 2. The van der Waals surface area contributed by atoms with Gasteiger partial charge in [-0.2, -0.15) is 5.26 Å². The van der Waals surface area contributed by atoms with E-state index in [4.69, 9.17) is 9.47 Å². The number of amides is 1. The SMILES string of the molecule is COc1cccc(C(C)CC(=O)Cc2sc3c(c2C#N)CCC(OC(=O)NCc2cncn2C)C3)c1. The van der Waals surface area contributed by atoms with Gasteiger partial charge in [-0.05, 0) is 42.0 Å². The van der Waals surface area contributed by atoms with Gasteiger partial charge in [0.05, 0.1) is 31.2 Å². The largest absolute Gasteiger partial charge is 0.497 e. The molecule has 0 saturated heterocycles. The molecule has 8 nitrogen and oxygen atoms in total. The van der Waals surface area contributed by atoms with Crippen LogP contribution in [0.3, 0.4) is 0 Å². The first-order chi connectivity index (χ1) is 17.4. The zero-order chi connectivity index (χ0) is 25.7. The fourth-order valence-corrected chi connectivity index (χ4v) is 5.93. The minimum Gasteiger partial charge on any atom is -0.497 e. The van der Waals surface area contributed by atoms with Crippen molar-refractivity contribution in [2.24, 2.45) is 7.05 Å². The van der Waals surface area contributed by atoms with Crippen LogP contribution in [-0.4, -0.2) is 34.6 Å². The monoisotopic (exact) mass is 506 g/mol. The molecule has 188 valence electrons. The van der Waals surface area contributed by atoms with E-state index in [0.717, 1.165) is 32.3 Å². The summed E-state index contributed by atoms with van der Waals surface area (Å²) in [5.41, 5.74) is 3.55. The molecule has 0 radical (unpaired) electrons. The summed E-state index contributed by atoms with van der Waals surface area (Å²) in [6.45, 7) is 2.37. The number of carbonyl (C=O) groups excluding carboxylic acids is 2. The summed E-state index contributed by atoms with van der Waals surface area (Å²) in [5, 5.41) is 12.6. The number of imidazole rings is 1. The molecule has 2 atom stereocenters. The molecule has 0 bridgehead atoms. The highest BCUT2D eigenvalue weighted by Crippen LogP contribution is 2.36. The summed E-state index contributed by atoms with van der Waals surface area (Å²) in [7, 11) is 3.49. The quantitative estimate of drug-likeness (QED) is 0.460. The number of Topliss-reactive ketones (excluding diaryl/α,β-unsaturated/α-hetero) is 1. The average molecular weight is 507 g/mol. The van der Waals surface area contributed by atoms with E-state index in [9.17, 15) is 14.9 Å². The van der Waals surface area contributed by atoms with Crippen molar-refractivity contribution < 1.29 is 19.1 Å². The zero-order valence-electron chi connectivity index (χ0n) is 20.7. The molecule has 0 saturated carbocycles. The molecule has 0 spiro atoms. The van der Waals surface area contributed by atoms with Crippen molar-refractivity contribution in [3.63, 3.8) is 0 Å². The summed E-state index contributed by atoms with van der Waals surface area (Å²) in [5.74, 6) is 0.921. The van der Waals surface area contributed by atoms with E-state index >= 15 is 0 Å². The first-order valence-corrected chi connectivity index (χ1v) is 12.8. The Morgan fingerprint density at radius 2 is 2.22 bits per heavy atom. The Balaban J connectivity index is 1.35. The molecule has 36 heavy (non-hydrogen) atoms. The van der Waals surface area contributed by atoms with Gasteiger partial charge in [0.25, 0.3) is 0 Å². The topological polar surface area (TPSA) is 106 Å². The molecular weight excluding hydrogens is 476 g/mol. The van der Waals surface area contributed by atoms with Crippen molar-refractivity contribution in [1.82, 2.24) is 14.9 Å². The lowest BCUT2D eigenvalue weighted by Crippen LogP contribution is -2.32. The molecule has 1 amide bonds. The maximum Gasteiger partial charge on any atom is 0.407 e. The Morgan fingerprint density at radius 1 is 1.39 bits per heavy atom. The van der Waals surface area contributed by atoms with Gasteiger partial charge in [-0.3, -0.25) is 4.79 Å². The minimum absolute atomic E-state index is 0.0513. The normalized spacial score (nSPS) is 15.4. The fraction of sp³-hybridized carbons (Fsp3) is 0.407. The number of ether oxygens (including phenoxy) is 2. The van der Waals surface area contributed by atoms with E-state index in [2.05, 4.69) is 16.4 Å². The Morgan fingerprint density at radius 3 is 2.94 bits per heavy atom. The fourth-order valence-electron chi connectivity index (χ4n) is 4.54. The van der Waals surface area contributed by atoms with E-state index in [1.54, 1.807) is 19.6 Å². The average Bonchev–Trinajstić information content (AvgIpc) is 3.44. The number of hydrogen-bond acceptors (Lipinski definition) is 7.